The van der Waals surface area contributed by atoms with Crippen LogP contribution in [0.4, 0.5) is 0 Å². The third kappa shape index (κ3) is 1.73. The van der Waals surface area contributed by atoms with E-state index < -0.39 is 0 Å². The van der Waals surface area contributed by atoms with Crippen molar-refractivity contribution in [2.75, 3.05) is 0 Å². The van der Waals surface area contributed by atoms with Crippen LogP contribution < -0.4 is 0 Å². The zero-order valence-electron chi connectivity index (χ0n) is 10.8. The van der Waals surface area contributed by atoms with Gasteiger partial charge in [-0.2, -0.15) is 0 Å². The fraction of sp³-hybridized carbons (Fsp3) is 0.867. The van der Waals surface area contributed by atoms with Crippen LogP contribution in [0.15, 0.2) is 11.6 Å². The topological polar surface area (TPSA) is 9.23 Å². The second-order valence-corrected chi connectivity index (χ2v) is 6.87. The van der Waals surface area contributed by atoms with Gasteiger partial charge in [-0.15, -0.1) is 0 Å². The van der Waals surface area contributed by atoms with Crippen molar-refractivity contribution in [2.24, 2.45) is 17.8 Å². The maximum atomic E-state index is 6.33. The highest BCUT2D eigenvalue weighted by Gasteiger charge is 2.50. The molecule has 0 aliphatic heterocycles. The van der Waals surface area contributed by atoms with Crippen molar-refractivity contribution in [2.45, 2.75) is 64.6 Å². The van der Waals surface area contributed by atoms with E-state index in [1.165, 1.54) is 32.1 Å². The maximum absolute atomic E-state index is 6.33. The van der Waals surface area contributed by atoms with E-state index in [4.69, 9.17) is 4.74 Å². The molecule has 1 nitrogen and oxygen atoms in total. The molecule has 4 atom stereocenters. The Morgan fingerprint density at radius 2 is 2.06 bits per heavy atom. The van der Waals surface area contributed by atoms with Crippen molar-refractivity contribution in [3.8, 4) is 0 Å². The Bertz CT molecular complexity index is 310. The van der Waals surface area contributed by atoms with Gasteiger partial charge in [-0.05, 0) is 52.4 Å². The van der Waals surface area contributed by atoms with Crippen LogP contribution in [-0.2, 0) is 4.74 Å². The SMILES string of the molecule is CC(C)(C)O[C@H]1[C@H]2C3=C[C@H]1C[C@@H]2CCCC3. The highest BCUT2D eigenvalue weighted by molar-refractivity contribution is 5.26. The molecule has 0 heterocycles. The van der Waals surface area contributed by atoms with E-state index in [1.807, 2.05) is 0 Å². The molecule has 0 aromatic heterocycles. The Hall–Kier alpha value is -0.300. The quantitative estimate of drug-likeness (QED) is 0.608. The van der Waals surface area contributed by atoms with Gasteiger partial charge in [0.05, 0.1) is 11.7 Å². The van der Waals surface area contributed by atoms with E-state index in [9.17, 15) is 0 Å². The lowest BCUT2D eigenvalue weighted by Crippen LogP contribution is -2.32. The van der Waals surface area contributed by atoms with Gasteiger partial charge in [0.15, 0.2) is 0 Å². The minimum Gasteiger partial charge on any atom is -0.371 e. The lowest BCUT2D eigenvalue weighted by molar-refractivity contribution is -0.0787. The summed E-state index contributed by atoms with van der Waals surface area (Å²) in [5, 5.41) is 0. The van der Waals surface area contributed by atoms with Gasteiger partial charge < -0.3 is 4.74 Å². The molecule has 1 heteroatoms. The number of fused-ring (bicyclic) bond motifs is 1. The minimum atomic E-state index is 0.0212. The molecule has 2 bridgehead atoms. The molecule has 0 aromatic rings. The fourth-order valence-corrected chi connectivity index (χ4v) is 4.08. The first kappa shape index (κ1) is 10.8. The van der Waals surface area contributed by atoms with Gasteiger partial charge in [0.25, 0.3) is 0 Å². The van der Waals surface area contributed by atoms with Crippen LogP contribution in [0.5, 0.6) is 0 Å². The van der Waals surface area contributed by atoms with Crippen molar-refractivity contribution < 1.29 is 4.74 Å². The summed E-state index contributed by atoms with van der Waals surface area (Å²) in [5.41, 5.74) is 1.76. The van der Waals surface area contributed by atoms with Gasteiger partial charge in [-0.1, -0.05) is 18.1 Å². The lowest BCUT2D eigenvalue weighted by Gasteiger charge is -2.29. The van der Waals surface area contributed by atoms with Gasteiger partial charge >= 0.3 is 0 Å². The molecule has 2 fully saturated rings. The van der Waals surface area contributed by atoms with Crippen molar-refractivity contribution in [3.63, 3.8) is 0 Å². The molecule has 3 aliphatic rings. The molecule has 0 N–H and O–H groups in total. The smallest absolute Gasteiger partial charge is 0.0712 e. The first-order valence-electron chi connectivity index (χ1n) is 6.93. The highest BCUT2D eigenvalue weighted by atomic mass is 16.5. The largest absolute Gasteiger partial charge is 0.371 e. The average molecular weight is 220 g/mol. The van der Waals surface area contributed by atoms with Gasteiger partial charge in [0.2, 0.25) is 0 Å². The number of rotatable bonds is 1. The third-order valence-corrected chi connectivity index (χ3v) is 4.50. The average Bonchev–Trinajstić information content (AvgIpc) is 2.61. The highest BCUT2D eigenvalue weighted by Crippen LogP contribution is 2.54. The predicted molar refractivity (Wildman–Crippen MR) is 66.3 cm³/mol. The standard InChI is InChI=1S/C15H24O/c1-15(2,3)16-14-12-8-10-6-4-5-7-11(9-12)13(10)14/h8,11-14H,4-7,9H2,1-3H3/t11-,12-,13-,14+/m0/s1. The van der Waals surface area contributed by atoms with Crippen LogP contribution >= 0.6 is 0 Å². The van der Waals surface area contributed by atoms with Crippen LogP contribution in [0.3, 0.4) is 0 Å². The van der Waals surface area contributed by atoms with E-state index in [-0.39, 0.29) is 5.60 Å². The third-order valence-electron chi connectivity index (χ3n) is 4.50. The minimum absolute atomic E-state index is 0.0212. The summed E-state index contributed by atoms with van der Waals surface area (Å²) < 4.78 is 6.33. The Balaban J connectivity index is 1.81. The van der Waals surface area contributed by atoms with Crippen molar-refractivity contribution in [1.29, 1.82) is 0 Å². The van der Waals surface area contributed by atoms with Crippen molar-refractivity contribution in [3.05, 3.63) is 11.6 Å². The zero-order chi connectivity index (χ0) is 11.3. The molecular formula is C15H24O. The molecule has 0 aromatic carbocycles. The molecule has 90 valence electrons. The van der Waals surface area contributed by atoms with Gasteiger partial charge in [-0.25, -0.2) is 0 Å². The van der Waals surface area contributed by atoms with E-state index >= 15 is 0 Å². The Labute approximate surface area is 99.3 Å². The Morgan fingerprint density at radius 1 is 1.25 bits per heavy atom. The van der Waals surface area contributed by atoms with Gasteiger partial charge in [-0.3, -0.25) is 0 Å². The molecule has 0 amide bonds. The summed E-state index contributed by atoms with van der Waals surface area (Å²) >= 11 is 0. The van der Waals surface area contributed by atoms with Gasteiger partial charge in [0, 0.05) is 11.8 Å². The van der Waals surface area contributed by atoms with E-state index in [1.54, 1.807) is 5.57 Å². The number of ether oxygens (including phenoxy) is 1. The van der Waals surface area contributed by atoms with Crippen LogP contribution in [0, 0.1) is 17.8 Å². The molecule has 3 aliphatic carbocycles. The summed E-state index contributed by atoms with van der Waals surface area (Å²) in [5.74, 6) is 2.47. The molecule has 0 spiro atoms. The van der Waals surface area contributed by atoms with Crippen molar-refractivity contribution >= 4 is 0 Å². The second-order valence-electron chi connectivity index (χ2n) is 6.87. The molecule has 0 radical (unpaired) electrons. The fourth-order valence-electron chi connectivity index (χ4n) is 4.08. The zero-order valence-corrected chi connectivity index (χ0v) is 10.8. The Morgan fingerprint density at radius 3 is 2.81 bits per heavy atom. The first-order valence-corrected chi connectivity index (χ1v) is 6.93. The van der Waals surface area contributed by atoms with E-state index in [0.29, 0.717) is 6.10 Å². The second kappa shape index (κ2) is 3.60. The van der Waals surface area contributed by atoms with E-state index in [0.717, 1.165) is 17.8 Å². The summed E-state index contributed by atoms with van der Waals surface area (Å²) in [6.07, 6.45) is 10.1. The maximum Gasteiger partial charge on any atom is 0.0712 e. The van der Waals surface area contributed by atoms with Crippen LogP contribution in [0.2, 0.25) is 0 Å². The van der Waals surface area contributed by atoms with E-state index in [2.05, 4.69) is 26.8 Å². The molecule has 3 rings (SSSR count). The predicted octanol–water partition coefficient (Wildman–Crippen LogP) is 3.94. The molecule has 16 heavy (non-hydrogen) atoms. The summed E-state index contributed by atoms with van der Waals surface area (Å²) in [4.78, 5) is 0. The van der Waals surface area contributed by atoms with Crippen LogP contribution in [0.25, 0.3) is 0 Å². The monoisotopic (exact) mass is 220 g/mol. The van der Waals surface area contributed by atoms with Crippen molar-refractivity contribution in [1.82, 2.24) is 0 Å². The normalized spacial score (nSPS) is 42.1. The number of hydrogen-bond acceptors (Lipinski definition) is 1. The lowest BCUT2D eigenvalue weighted by atomic mass is 9.86. The molecule has 0 saturated heterocycles. The summed E-state index contributed by atoms with van der Waals surface area (Å²) in [7, 11) is 0. The summed E-state index contributed by atoms with van der Waals surface area (Å²) in [6.45, 7) is 6.58. The first-order chi connectivity index (χ1) is 7.54. The number of hydrogen-bond donors (Lipinski definition) is 0. The molecule has 0 unspecified atom stereocenters. The Kier molecular flexibility index (Phi) is 2.43. The molecular weight excluding hydrogens is 196 g/mol. The van der Waals surface area contributed by atoms with Crippen LogP contribution in [-0.4, -0.2) is 11.7 Å². The molecule has 2 saturated carbocycles. The summed E-state index contributed by atoms with van der Waals surface area (Å²) in [6, 6.07) is 0. The van der Waals surface area contributed by atoms with Crippen LogP contribution in [0.1, 0.15) is 52.9 Å². The van der Waals surface area contributed by atoms with Gasteiger partial charge in [0.1, 0.15) is 0 Å².